The van der Waals surface area contributed by atoms with Crippen LogP contribution in [0.2, 0.25) is 0 Å². The summed E-state index contributed by atoms with van der Waals surface area (Å²) in [5.41, 5.74) is 4.04. The summed E-state index contributed by atoms with van der Waals surface area (Å²) in [5, 5.41) is 7.08. The van der Waals surface area contributed by atoms with Gasteiger partial charge in [-0.15, -0.1) is 0 Å². The summed E-state index contributed by atoms with van der Waals surface area (Å²) >= 11 is 0. The summed E-state index contributed by atoms with van der Waals surface area (Å²) in [4.78, 5) is 18.9. The first kappa shape index (κ1) is 20.1. The molecule has 1 unspecified atom stereocenters. The van der Waals surface area contributed by atoms with E-state index in [1.165, 1.54) is 5.56 Å². The molecule has 1 aromatic carbocycles. The number of likely N-dealkylation sites (N-methyl/N-ethyl adjacent to an activating group) is 1. The van der Waals surface area contributed by atoms with Crippen LogP contribution in [0.25, 0.3) is 0 Å². The number of aromatic nitrogens is 2. The number of amides is 1. The van der Waals surface area contributed by atoms with Gasteiger partial charge in [0, 0.05) is 11.1 Å². The van der Waals surface area contributed by atoms with Crippen molar-refractivity contribution in [1.82, 2.24) is 15.0 Å². The Morgan fingerprint density at radius 2 is 1.81 bits per heavy atom. The van der Waals surface area contributed by atoms with Gasteiger partial charge in [-0.1, -0.05) is 43.6 Å². The van der Waals surface area contributed by atoms with E-state index >= 15 is 0 Å². The van der Waals surface area contributed by atoms with Gasteiger partial charge in [-0.05, 0) is 45.9 Å². The Bertz CT molecular complexity index is 766. The fraction of sp³-hybridized carbons (Fsp3) is 0.550. The Kier molecular flexibility index (Phi) is 5.86. The molecular formula is C20H30N4O2. The van der Waals surface area contributed by atoms with E-state index in [1.54, 1.807) is 0 Å². The van der Waals surface area contributed by atoms with E-state index in [0.29, 0.717) is 11.7 Å². The predicted molar refractivity (Wildman–Crippen MR) is 103 cm³/mol. The van der Waals surface area contributed by atoms with Crippen molar-refractivity contribution >= 4 is 11.6 Å². The van der Waals surface area contributed by atoms with E-state index in [4.69, 9.17) is 4.52 Å². The van der Waals surface area contributed by atoms with Gasteiger partial charge in [-0.3, -0.25) is 9.69 Å². The minimum atomic E-state index is -0.169. The summed E-state index contributed by atoms with van der Waals surface area (Å²) in [6.45, 7) is 14.4. The third-order valence-electron chi connectivity index (χ3n) is 4.47. The fourth-order valence-electron chi connectivity index (χ4n) is 2.82. The van der Waals surface area contributed by atoms with Crippen LogP contribution < -0.4 is 5.32 Å². The van der Waals surface area contributed by atoms with Gasteiger partial charge in [0.25, 0.3) is 0 Å². The lowest BCUT2D eigenvalue weighted by atomic mass is 9.96. The molecule has 0 bridgehead atoms. The van der Waals surface area contributed by atoms with Gasteiger partial charge in [-0.25, -0.2) is 0 Å². The standard InChI is InChI=1S/C20H30N4O2/c1-12-9-13(2)17(14(3)10-12)21-16(25)11-24(8)15(4)18-22-19(23-26-18)20(5,6)7/h9-10,15H,11H2,1-8H3,(H,21,25). The average molecular weight is 358 g/mol. The Labute approximate surface area is 156 Å². The second kappa shape index (κ2) is 7.58. The number of carbonyl (C=O) groups is 1. The van der Waals surface area contributed by atoms with Gasteiger partial charge in [0.15, 0.2) is 5.82 Å². The molecule has 1 atom stereocenters. The topological polar surface area (TPSA) is 71.3 Å². The second-order valence-corrected chi connectivity index (χ2v) is 8.12. The Hall–Kier alpha value is -2.21. The van der Waals surface area contributed by atoms with E-state index in [-0.39, 0.29) is 23.9 Å². The van der Waals surface area contributed by atoms with Crippen molar-refractivity contribution in [2.45, 2.75) is 59.9 Å². The maximum absolute atomic E-state index is 12.5. The molecule has 6 nitrogen and oxygen atoms in total. The normalized spacial score (nSPS) is 13.1. The molecule has 26 heavy (non-hydrogen) atoms. The van der Waals surface area contributed by atoms with E-state index < -0.39 is 0 Å². The predicted octanol–water partition coefficient (Wildman–Crippen LogP) is 3.92. The van der Waals surface area contributed by atoms with Crippen molar-refractivity contribution in [3.63, 3.8) is 0 Å². The molecule has 1 N–H and O–H groups in total. The first-order valence-corrected chi connectivity index (χ1v) is 8.91. The highest BCUT2D eigenvalue weighted by Gasteiger charge is 2.25. The summed E-state index contributed by atoms with van der Waals surface area (Å²) < 4.78 is 5.39. The molecule has 1 amide bonds. The maximum Gasteiger partial charge on any atom is 0.243 e. The van der Waals surface area contributed by atoms with Crippen LogP contribution in [0.1, 0.15) is 62.1 Å². The van der Waals surface area contributed by atoms with Gasteiger partial charge < -0.3 is 9.84 Å². The summed E-state index contributed by atoms with van der Waals surface area (Å²) in [5.74, 6) is 1.13. The van der Waals surface area contributed by atoms with Crippen molar-refractivity contribution in [1.29, 1.82) is 0 Å². The number of carbonyl (C=O) groups excluding carboxylic acids is 1. The van der Waals surface area contributed by atoms with Crippen molar-refractivity contribution in [3.05, 3.63) is 40.5 Å². The van der Waals surface area contributed by atoms with Crippen LogP contribution in [-0.4, -0.2) is 34.5 Å². The highest BCUT2D eigenvalue weighted by molar-refractivity contribution is 5.93. The van der Waals surface area contributed by atoms with Crippen molar-refractivity contribution in [3.8, 4) is 0 Å². The third-order valence-corrected chi connectivity index (χ3v) is 4.47. The van der Waals surface area contributed by atoms with Crippen LogP contribution >= 0.6 is 0 Å². The van der Waals surface area contributed by atoms with E-state index in [1.807, 2.05) is 53.5 Å². The number of hydrogen-bond donors (Lipinski definition) is 1. The zero-order chi connectivity index (χ0) is 19.6. The van der Waals surface area contributed by atoms with Crippen LogP contribution in [0, 0.1) is 20.8 Å². The smallest absolute Gasteiger partial charge is 0.243 e. The number of nitrogens with one attached hydrogen (secondary N) is 1. The maximum atomic E-state index is 12.5. The van der Waals surface area contributed by atoms with E-state index in [2.05, 4.69) is 34.5 Å². The van der Waals surface area contributed by atoms with E-state index in [0.717, 1.165) is 16.8 Å². The van der Waals surface area contributed by atoms with Crippen LogP contribution in [0.3, 0.4) is 0 Å². The van der Waals surface area contributed by atoms with Crippen molar-refractivity contribution in [2.24, 2.45) is 0 Å². The largest absolute Gasteiger partial charge is 0.338 e. The molecule has 142 valence electrons. The first-order valence-electron chi connectivity index (χ1n) is 8.91. The van der Waals surface area contributed by atoms with Crippen LogP contribution in [-0.2, 0) is 10.2 Å². The molecule has 0 fully saturated rings. The molecule has 0 radical (unpaired) electrons. The number of hydrogen-bond acceptors (Lipinski definition) is 5. The third kappa shape index (κ3) is 4.69. The Morgan fingerprint density at radius 1 is 1.23 bits per heavy atom. The highest BCUT2D eigenvalue weighted by atomic mass is 16.5. The number of anilines is 1. The number of benzene rings is 1. The number of aryl methyl sites for hydroxylation is 3. The molecule has 0 spiro atoms. The quantitative estimate of drug-likeness (QED) is 0.877. The minimum absolute atomic E-state index is 0.0648. The fourth-order valence-corrected chi connectivity index (χ4v) is 2.82. The monoisotopic (exact) mass is 358 g/mol. The van der Waals surface area contributed by atoms with Crippen molar-refractivity contribution < 1.29 is 9.32 Å². The Morgan fingerprint density at radius 3 is 2.31 bits per heavy atom. The lowest BCUT2D eigenvalue weighted by molar-refractivity contribution is -0.117. The zero-order valence-corrected chi connectivity index (χ0v) is 17.1. The van der Waals surface area contributed by atoms with Gasteiger partial charge in [0.05, 0.1) is 12.6 Å². The van der Waals surface area contributed by atoms with Crippen LogP contribution in [0.15, 0.2) is 16.7 Å². The molecule has 6 heteroatoms. The lowest BCUT2D eigenvalue weighted by Gasteiger charge is -2.22. The molecule has 0 aliphatic carbocycles. The molecule has 2 aromatic rings. The highest BCUT2D eigenvalue weighted by Crippen LogP contribution is 2.24. The first-order chi connectivity index (χ1) is 12.0. The molecule has 2 rings (SSSR count). The summed E-state index contributed by atoms with van der Waals surface area (Å²) in [6, 6.07) is 3.99. The second-order valence-electron chi connectivity index (χ2n) is 8.12. The summed E-state index contributed by atoms with van der Waals surface area (Å²) in [6.07, 6.45) is 0. The molecule has 0 saturated carbocycles. The van der Waals surface area contributed by atoms with Crippen LogP contribution in [0.5, 0.6) is 0 Å². The molecule has 1 aromatic heterocycles. The molecule has 0 aliphatic heterocycles. The molecule has 0 aliphatic rings. The molecule has 1 heterocycles. The van der Waals surface area contributed by atoms with Gasteiger partial charge in [0.2, 0.25) is 11.8 Å². The van der Waals surface area contributed by atoms with Crippen molar-refractivity contribution in [2.75, 3.05) is 18.9 Å². The van der Waals surface area contributed by atoms with Gasteiger partial charge in [-0.2, -0.15) is 4.98 Å². The van der Waals surface area contributed by atoms with E-state index in [9.17, 15) is 4.79 Å². The zero-order valence-electron chi connectivity index (χ0n) is 17.1. The SMILES string of the molecule is Cc1cc(C)c(NC(=O)CN(C)C(C)c2nc(C(C)(C)C)no2)c(C)c1. The number of nitrogens with zero attached hydrogens (tertiary/aromatic N) is 3. The minimum Gasteiger partial charge on any atom is -0.338 e. The van der Waals surface area contributed by atoms with Gasteiger partial charge >= 0.3 is 0 Å². The molecular weight excluding hydrogens is 328 g/mol. The number of rotatable bonds is 5. The Balaban J connectivity index is 2.04. The summed E-state index contributed by atoms with van der Waals surface area (Å²) in [7, 11) is 1.88. The average Bonchev–Trinajstić information content (AvgIpc) is 3.00. The van der Waals surface area contributed by atoms with Gasteiger partial charge in [0.1, 0.15) is 0 Å². The van der Waals surface area contributed by atoms with Crippen LogP contribution in [0.4, 0.5) is 5.69 Å². The molecule has 0 saturated heterocycles. The lowest BCUT2D eigenvalue weighted by Crippen LogP contribution is -2.32.